The average molecular weight is 421 g/mol. The smallest absolute Gasteiger partial charge is 0.258 e. The van der Waals surface area contributed by atoms with Gasteiger partial charge in [-0.1, -0.05) is 39.0 Å². The summed E-state index contributed by atoms with van der Waals surface area (Å²) in [5.41, 5.74) is 1.26. The van der Waals surface area contributed by atoms with Gasteiger partial charge in [-0.3, -0.25) is 4.79 Å². The van der Waals surface area contributed by atoms with E-state index in [1.807, 2.05) is 12.1 Å². The highest BCUT2D eigenvalue weighted by atomic mass is 32.2. The molecule has 1 amide bonds. The first-order valence-electron chi connectivity index (χ1n) is 9.19. The normalized spacial score (nSPS) is 11.8. The lowest BCUT2D eigenvalue weighted by atomic mass is 9.87. The van der Waals surface area contributed by atoms with E-state index in [1.54, 1.807) is 30.3 Å². The van der Waals surface area contributed by atoms with E-state index in [0.717, 1.165) is 5.56 Å². The van der Waals surface area contributed by atoms with E-state index in [0.29, 0.717) is 11.5 Å². The van der Waals surface area contributed by atoms with Crippen molar-refractivity contribution in [3.8, 4) is 11.5 Å². The zero-order chi connectivity index (χ0) is 21.7. The summed E-state index contributed by atoms with van der Waals surface area (Å²) in [7, 11) is -0.736. The van der Waals surface area contributed by atoms with Crippen molar-refractivity contribution in [2.75, 3.05) is 27.3 Å². The molecule has 0 bridgehead atoms. The van der Waals surface area contributed by atoms with Crippen molar-refractivity contribution in [2.45, 2.75) is 31.1 Å². The molecule has 0 aliphatic carbocycles. The first-order valence-corrected chi connectivity index (χ1v) is 10.7. The number of hydrogen-bond acceptors (Lipinski definition) is 5. The van der Waals surface area contributed by atoms with E-state index in [9.17, 15) is 13.2 Å². The van der Waals surface area contributed by atoms with Crippen LogP contribution in [0.4, 0.5) is 0 Å². The number of rotatable bonds is 8. The molecule has 0 aliphatic rings. The van der Waals surface area contributed by atoms with Crippen LogP contribution in [-0.2, 0) is 15.4 Å². The molecule has 0 heterocycles. The molecule has 0 aromatic heterocycles. The van der Waals surface area contributed by atoms with Crippen LogP contribution < -0.4 is 19.5 Å². The number of hydrogen-bond donors (Lipinski definition) is 2. The Morgan fingerprint density at radius 1 is 0.931 bits per heavy atom. The lowest BCUT2D eigenvalue weighted by Gasteiger charge is -2.19. The molecule has 0 saturated heterocycles. The molecule has 0 radical (unpaired) electrons. The van der Waals surface area contributed by atoms with E-state index in [2.05, 4.69) is 30.8 Å². The Morgan fingerprint density at radius 2 is 1.48 bits per heavy atom. The molecule has 7 nitrogen and oxygen atoms in total. The maximum atomic E-state index is 12.5. The van der Waals surface area contributed by atoms with E-state index in [1.165, 1.54) is 14.2 Å². The van der Waals surface area contributed by atoms with Crippen LogP contribution in [0.3, 0.4) is 0 Å². The third-order valence-electron chi connectivity index (χ3n) is 4.39. The van der Waals surface area contributed by atoms with Gasteiger partial charge in [0.2, 0.25) is 10.0 Å². The molecule has 2 N–H and O–H groups in total. The molecule has 2 rings (SSSR count). The lowest BCUT2D eigenvalue weighted by molar-refractivity contribution is 0.0948. The Morgan fingerprint density at radius 3 is 1.97 bits per heavy atom. The number of methoxy groups -OCH3 is 2. The number of sulfonamides is 1. The summed E-state index contributed by atoms with van der Waals surface area (Å²) in [4.78, 5) is 12.7. The van der Waals surface area contributed by atoms with Gasteiger partial charge >= 0.3 is 0 Å². The monoisotopic (exact) mass is 420 g/mol. The molecular weight excluding hydrogens is 392 g/mol. The van der Waals surface area contributed by atoms with Crippen LogP contribution in [0.5, 0.6) is 11.5 Å². The zero-order valence-electron chi connectivity index (χ0n) is 17.4. The van der Waals surface area contributed by atoms with Gasteiger partial charge in [-0.15, -0.1) is 0 Å². The number of ether oxygens (including phenoxy) is 2. The third-order valence-corrected chi connectivity index (χ3v) is 5.87. The fourth-order valence-electron chi connectivity index (χ4n) is 2.74. The Balaban J connectivity index is 1.97. The van der Waals surface area contributed by atoms with Gasteiger partial charge in [-0.25, -0.2) is 13.1 Å². The molecular formula is C21H28N2O5S. The topological polar surface area (TPSA) is 93.7 Å². The first-order chi connectivity index (χ1) is 13.6. The van der Waals surface area contributed by atoms with Gasteiger partial charge in [0.1, 0.15) is 17.1 Å². The molecule has 0 spiro atoms. The highest BCUT2D eigenvalue weighted by Gasteiger charge is 2.19. The van der Waals surface area contributed by atoms with Crippen molar-refractivity contribution in [1.29, 1.82) is 0 Å². The Hall–Kier alpha value is -2.58. The summed E-state index contributed by atoms with van der Waals surface area (Å²) in [5.74, 6) is 0.343. The predicted molar refractivity (Wildman–Crippen MR) is 112 cm³/mol. The Labute approximate surface area is 172 Å². The van der Waals surface area contributed by atoms with Crippen molar-refractivity contribution in [2.24, 2.45) is 0 Å². The highest BCUT2D eigenvalue weighted by Crippen LogP contribution is 2.28. The second-order valence-electron chi connectivity index (χ2n) is 7.47. The fraction of sp³-hybridized carbons (Fsp3) is 0.381. The van der Waals surface area contributed by atoms with Crippen LogP contribution in [0.2, 0.25) is 0 Å². The number of carbonyl (C=O) groups excluding carboxylic acids is 1. The van der Waals surface area contributed by atoms with Crippen LogP contribution in [0.15, 0.2) is 47.4 Å². The molecule has 0 unspecified atom stereocenters. The summed E-state index contributed by atoms with van der Waals surface area (Å²) >= 11 is 0. The van der Waals surface area contributed by atoms with Crippen molar-refractivity contribution in [3.05, 3.63) is 53.6 Å². The summed E-state index contributed by atoms with van der Waals surface area (Å²) in [6.45, 7) is 6.35. The van der Waals surface area contributed by atoms with E-state index in [4.69, 9.17) is 9.47 Å². The molecule has 0 atom stereocenters. The molecule has 2 aromatic rings. The summed E-state index contributed by atoms with van der Waals surface area (Å²) in [6, 6.07) is 11.8. The summed E-state index contributed by atoms with van der Waals surface area (Å²) < 4.78 is 37.8. The third kappa shape index (κ3) is 5.71. The van der Waals surface area contributed by atoms with Gasteiger partial charge in [-0.2, -0.15) is 0 Å². The van der Waals surface area contributed by atoms with E-state index < -0.39 is 15.9 Å². The lowest BCUT2D eigenvalue weighted by Crippen LogP contribution is -2.35. The van der Waals surface area contributed by atoms with Crippen molar-refractivity contribution < 1.29 is 22.7 Å². The molecule has 2 aromatic carbocycles. The molecule has 0 saturated carbocycles. The van der Waals surface area contributed by atoms with Crippen LogP contribution in [0.25, 0.3) is 0 Å². The first kappa shape index (κ1) is 22.7. The zero-order valence-corrected chi connectivity index (χ0v) is 18.2. The minimum atomic E-state index is -3.66. The highest BCUT2D eigenvalue weighted by molar-refractivity contribution is 7.89. The maximum Gasteiger partial charge on any atom is 0.258 e. The van der Waals surface area contributed by atoms with Gasteiger partial charge < -0.3 is 14.8 Å². The minimum absolute atomic E-state index is 0.0482. The second-order valence-corrected chi connectivity index (χ2v) is 9.23. The number of carbonyl (C=O) groups is 1. The molecule has 0 aliphatic heterocycles. The van der Waals surface area contributed by atoms with Gasteiger partial charge in [0.15, 0.2) is 0 Å². The van der Waals surface area contributed by atoms with Crippen molar-refractivity contribution in [3.63, 3.8) is 0 Å². The van der Waals surface area contributed by atoms with Crippen LogP contribution in [0, 0.1) is 0 Å². The van der Waals surface area contributed by atoms with Gasteiger partial charge in [-0.05, 0) is 35.2 Å². The average Bonchev–Trinajstić information content (AvgIpc) is 2.69. The van der Waals surface area contributed by atoms with Gasteiger partial charge in [0.25, 0.3) is 5.91 Å². The standard InChI is InChI=1S/C21H28N2O5S/c1-21(2,3)15-9-11-16(12-10-15)29(25,26)23-14-13-22-20(24)19-17(27-4)7-6-8-18(19)28-5/h6-12,23H,13-14H2,1-5H3,(H,22,24). The quantitative estimate of drug-likeness (QED) is 0.641. The van der Waals surface area contributed by atoms with Gasteiger partial charge in [0.05, 0.1) is 19.1 Å². The number of nitrogens with one attached hydrogen (secondary N) is 2. The predicted octanol–water partition coefficient (Wildman–Crippen LogP) is 2.71. The van der Waals surface area contributed by atoms with Crippen LogP contribution in [-0.4, -0.2) is 41.6 Å². The van der Waals surface area contributed by atoms with E-state index >= 15 is 0 Å². The number of benzene rings is 2. The largest absolute Gasteiger partial charge is 0.496 e. The number of amides is 1. The summed E-state index contributed by atoms with van der Waals surface area (Å²) in [5, 5.41) is 2.68. The second kappa shape index (κ2) is 9.28. The van der Waals surface area contributed by atoms with Gasteiger partial charge in [0, 0.05) is 13.1 Å². The Kier molecular flexibility index (Phi) is 7.26. The molecule has 8 heteroatoms. The fourth-order valence-corrected chi connectivity index (χ4v) is 3.77. The SMILES string of the molecule is COc1cccc(OC)c1C(=O)NCCNS(=O)(=O)c1ccc(C(C)(C)C)cc1. The van der Waals surface area contributed by atoms with Crippen LogP contribution in [0.1, 0.15) is 36.7 Å². The molecule has 0 fully saturated rings. The van der Waals surface area contributed by atoms with E-state index in [-0.39, 0.29) is 29.0 Å². The molecule has 29 heavy (non-hydrogen) atoms. The van der Waals surface area contributed by atoms with Crippen molar-refractivity contribution >= 4 is 15.9 Å². The maximum absolute atomic E-state index is 12.5. The van der Waals surface area contributed by atoms with Crippen molar-refractivity contribution in [1.82, 2.24) is 10.0 Å². The Bertz CT molecular complexity index is 926. The molecule has 158 valence electrons. The summed E-state index contributed by atoms with van der Waals surface area (Å²) in [6.07, 6.45) is 0. The minimum Gasteiger partial charge on any atom is -0.496 e. The van der Waals surface area contributed by atoms with Crippen LogP contribution >= 0.6 is 0 Å².